The van der Waals surface area contributed by atoms with Crippen LogP contribution in [0, 0.1) is 0 Å². The standard InChI is InChI=1S/C38H40N14O2/c1-37(2)27-16-15-26(43-36-45-31-9-6-10-32(49(3)4)52(31)48-36)21-28(27)50(34(37)53)38(54)19-17-25(18-20-38)41-29-7-5-8-30-44-35(47-51(29)30)42-24-13-11-23(12-14-24)33-39-22-40-46-33/h5-16,21-22,25,41,54H,17-20H2,1-4H3,(H,42,47)(H,43,48)(H,39,40,46). The van der Waals surface area contributed by atoms with Crippen LogP contribution in [-0.4, -0.2) is 81.3 Å². The van der Waals surface area contributed by atoms with E-state index >= 15 is 0 Å². The highest BCUT2D eigenvalue weighted by atomic mass is 16.3. The van der Waals surface area contributed by atoms with Crippen molar-refractivity contribution in [1.29, 1.82) is 0 Å². The van der Waals surface area contributed by atoms with Gasteiger partial charge in [-0.15, -0.1) is 10.2 Å². The molecule has 0 spiro atoms. The van der Waals surface area contributed by atoms with Crippen molar-refractivity contribution < 1.29 is 9.90 Å². The van der Waals surface area contributed by atoms with E-state index in [1.165, 1.54) is 6.33 Å². The molecule has 0 saturated heterocycles. The third kappa shape index (κ3) is 5.71. The minimum atomic E-state index is -1.35. The van der Waals surface area contributed by atoms with Crippen LogP contribution < -0.4 is 25.8 Å². The fourth-order valence-electron chi connectivity index (χ4n) is 7.56. The SMILES string of the molecule is CN(C)c1cccc2nc(Nc3ccc4c(c3)N(C3(O)CCC(Nc5cccc6nc(Nc7ccc(-c8ncn[nH]8)cc7)nn56)CC3)C(=O)C4(C)C)nn12. The summed E-state index contributed by atoms with van der Waals surface area (Å²) in [6.07, 6.45) is 3.56. The number of nitrogens with zero attached hydrogens (tertiary/aromatic N) is 10. The Labute approximate surface area is 310 Å². The molecule has 0 unspecified atom stereocenters. The number of aromatic nitrogens is 9. The molecule has 2 aromatic carbocycles. The topological polar surface area (TPSA) is 182 Å². The summed E-state index contributed by atoms with van der Waals surface area (Å²) in [5.74, 6) is 3.17. The van der Waals surface area contributed by atoms with Crippen LogP contribution in [0.1, 0.15) is 45.1 Å². The maximum Gasteiger partial charge on any atom is 0.247 e. The average Bonchev–Trinajstić information content (AvgIpc) is 3.96. The molecule has 6 heterocycles. The number of H-pyrrole nitrogens is 1. The first-order valence-corrected chi connectivity index (χ1v) is 17.9. The van der Waals surface area contributed by atoms with E-state index in [0.717, 1.165) is 34.1 Å². The van der Waals surface area contributed by atoms with Crippen molar-refractivity contribution in [3.05, 3.63) is 90.8 Å². The normalized spacial score (nSPS) is 19.3. The maximum absolute atomic E-state index is 14.1. The largest absolute Gasteiger partial charge is 0.370 e. The lowest BCUT2D eigenvalue weighted by Crippen LogP contribution is -2.56. The van der Waals surface area contributed by atoms with Gasteiger partial charge in [0.25, 0.3) is 0 Å². The van der Waals surface area contributed by atoms with Crippen LogP contribution in [0.2, 0.25) is 0 Å². The van der Waals surface area contributed by atoms with Crippen LogP contribution in [0.4, 0.5) is 40.6 Å². The van der Waals surface area contributed by atoms with Gasteiger partial charge < -0.3 is 26.0 Å². The number of amides is 1. The number of nitrogens with one attached hydrogen (secondary N) is 4. The summed E-state index contributed by atoms with van der Waals surface area (Å²) in [6.45, 7) is 3.83. The number of aliphatic hydroxyl groups is 1. The quantitative estimate of drug-likeness (QED) is 0.127. The number of aromatic amines is 1. The zero-order chi connectivity index (χ0) is 37.2. The maximum atomic E-state index is 14.1. The summed E-state index contributed by atoms with van der Waals surface area (Å²) in [6, 6.07) is 25.3. The van der Waals surface area contributed by atoms with E-state index in [9.17, 15) is 9.90 Å². The number of fused-ring (bicyclic) bond motifs is 3. The van der Waals surface area contributed by atoms with Gasteiger partial charge in [0.15, 0.2) is 17.1 Å². The van der Waals surface area contributed by atoms with Crippen molar-refractivity contribution >= 4 is 57.8 Å². The molecule has 16 nitrogen and oxygen atoms in total. The van der Waals surface area contributed by atoms with Crippen molar-refractivity contribution in [2.45, 2.75) is 56.7 Å². The first-order valence-electron chi connectivity index (χ1n) is 17.9. The van der Waals surface area contributed by atoms with E-state index < -0.39 is 11.1 Å². The Morgan fingerprint density at radius 3 is 2.22 bits per heavy atom. The van der Waals surface area contributed by atoms with Crippen molar-refractivity contribution in [3.8, 4) is 11.4 Å². The summed E-state index contributed by atoms with van der Waals surface area (Å²) in [4.78, 5) is 31.2. The second-order valence-electron chi connectivity index (χ2n) is 14.7. The first kappa shape index (κ1) is 33.3. The second kappa shape index (κ2) is 12.5. The Balaban J connectivity index is 0.905. The molecule has 0 radical (unpaired) electrons. The molecule has 9 rings (SSSR count). The highest BCUT2D eigenvalue weighted by molar-refractivity contribution is 6.09. The van der Waals surface area contributed by atoms with Gasteiger partial charge in [-0.3, -0.25) is 14.8 Å². The molecular weight excluding hydrogens is 685 g/mol. The molecule has 16 heteroatoms. The molecule has 1 saturated carbocycles. The summed E-state index contributed by atoms with van der Waals surface area (Å²) in [5.41, 5.74) is 3.31. The number of pyridine rings is 2. The van der Waals surface area contributed by atoms with E-state index in [1.54, 1.807) is 13.9 Å². The van der Waals surface area contributed by atoms with Crippen LogP contribution >= 0.6 is 0 Å². The van der Waals surface area contributed by atoms with Crippen LogP contribution in [0.25, 0.3) is 22.7 Å². The molecule has 0 bridgehead atoms. The minimum Gasteiger partial charge on any atom is -0.370 e. The van der Waals surface area contributed by atoms with E-state index in [0.29, 0.717) is 60.4 Å². The van der Waals surface area contributed by atoms with Crippen molar-refractivity contribution in [3.63, 3.8) is 0 Å². The average molecular weight is 725 g/mol. The molecule has 274 valence electrons. The van der Waals surface area contributed by atoms with Gasteiger partial charge in [0.05, 0.1) is 11.1 Å². The zero-order valence-corrected chi connectivity index (χ0v) is 30.3. The number of hydrogen-bond acceptors (Lipinski definition) is 12. The Bertz CT molecular complexity index is 2500. The summed E-state index contributed by atoms with van der Waals surface area (Å²) in [7, 11) is 3.92. The predicted molar refractivity (Wildman–Crippen MR) is 206 cm³/mol. The number of anilines is 7. The molecule has 5 N–H and O–H groups in total. The van der Waals surface area contributed by atoms with E-state index in [2.05, 4.69) is 46.2 Å². The molecular formula is C38H40N14O2. The van der Waals surface area contributed by atoms with E-state index in [-0.39, 0.29) is 11.9 Å². The third-order valence-electron chi connectivity index (χ3n) is 10.4. The molecule has 54 heavy (non-hydrogen) atoms. The van der Waals surface area contributed by atoms with Gasteiger partial charge in [0, 0.05) is 37.1 Å². The zero-order valence-electron chi connectivity index (χ0n) is 30.3. The second-order valence-corrected chi connectivity index (χ2v) is 14.7. The van der Waals surface area contributed by atoms with Gasteiger partial charge in [0.1, 0.15) is 23.7 Å². The summed E-state index contributed by atoms with van der Waals surface area (Å²) >= 11 is 0. The summed E-state index contributed by atoms with van der Waals surface area (Å²) in [5, 5.41) is 38.7. The smallest absolute Gasteiger partial charge is 0.247 e. The van der Waals surface area contributed by atoms with E-state index in [4.69, 9.17) is 5.10 Å². The predicted octanol–water partition coefficient (Wildman–Crippen LogP) is 5.48. The molecule has 5 aromatic heterocycles. The van der Waals surface area contributed by atoms with Gasteiger partial charge in [-0.05, 0) is 106 Å². The lowest BCUT2D eigenvalue weighted by molar-refractivity contribution is -0.127. The molecule has 1 fully saturated rings. The number of rotatable bonds is 9. The highest BCUT2D eigenvalue weighted by Gasteiger charge is 2.52. The van der Waals surface area contributed by atoms with Gasteiger partial charge >= 0.3 is 0 Å². The minimum absolute atomic E-state index is 0.0477. The first-order chi connectivity index (χ1) is 26.1. The Morgan fingerprint density at radius 1 is 0.852 bits per heavy atom. The Hall–Kier alpha value is -6.55. The monoisotopic (exact) mass is 724 g/mol. The number of carbonyl (C=O) groups is 1. The molecule has 1 aliphatic heterocycles. The molecule has 2 aliphatic rings. The molecule has 0 atom stereocenters. The third-order valence-corrected chi connectivity index (χ3v) is 10.4. The van der Waals surface area contributed by atoms with Gasteiger partial charge in [0.2, 0.25) is 17.8 Å². The molecule has 7 aromatic rings. The fourth-order valence-corrected chi connectivity index (χ4v) is 7.56. The van der Waals surface area contributed by atoms with Crippen molar-refractivity contribution in [2.24, 2.45) is 0 Å². The van der Waals surface area contributed by atoms with Gasteiger partial charge in [-0.1, -0.05) is 18.2 Å². The molecule has 1 aliphatic carbocycles. The number of hydrogen-bond donors (Lipinski definition) is 5. The summed E-state index contributed by atoms with van der Waals surface area (Å²) < 4.78 is 3.56. The van der Waals surface area contributed by atoms with Crippen molar-refractivity contribution in [1.82, 2.24) is 44.4 Å². The van der Waals surface area contributed by atoms with Gasteiger partial charge in [-0.2, -0.15) is 24.1 Å². The highest BCUT2D eigenvalue weighted by Crippen LogP contribution is 2.49. The molecule has 1 amide bonds. The van der Waals surface area contributed by atoms with Crippen LogP contribution in [0.5, 0.6) is 0 Å². The lowest BCUT2D eigenvalue weighted by atomic mass is 9.85. The van der Waals surface area contributed by atoms with Crippen LogP contribution in [0.3, 0.4) is 0 Å². The number of benzene rings is 2. The van der Waals surface area contributed by atoms with Crippen molar-refractivity contribution in [2.75, 3.05) is 39.8 Å². The lowest BCUT2D eigenvalue weighted by Gasteiger charge is -2.43. The van der Waals surface area contributed by atoms with Crippen LogP contribution in [0.15, 0.2) is 85.2 Å². The van der Waals surface area contributed by atoms with Crippen LogP contribution in [-0.2, 0) is 10.2 Å². The fraction of sp³-hybridized carbons (Fsp3) is 0.289. The van der Waals surface area contributed by atoms with Gasteiger partial charge in [-0.25, -0.2) is 4.98 Å². The number of carbonyl (C=O) groups excluding carboxylic acids is 1. The Morgan fingerprint density at radius 2 is 1.52 bits per heavy atom. The Kier molecular flexibility index (Phi) is 7.74. The van der Waals surface area contributed by atoms with E-state index in [1.807, 2.05) is 112 Å².